The molecular formula is C41H59F2N11O3. The number of piperidine rings is 1. The Kier molecular flexibility index (Phi) is 10.6. The van der Waals surface area contributed by atoms with Gasteiger partial charge in [0.2, 0.25) is 0 Å². The maximum atomic E-state index is 15.5. The van der Waals surface area contributed by atoms with E-state index in [1.165, 1.54) is 12.1 Å². The van der Waals surface area contributed by atoms with Gasteiger partial charge in [0.25, 0.3) is 0 Å². The molecule has 0 spiro atoms. The Morgan fingerprint density at radius 3 is 2.74 bits per heavy atom. The molecule has 8 unspecified atom stereocenters. The summed E-state index contributed by atoms with van der Waals surface area (Å²) < 4.78 is 50.7. The SMILES string of the molecule is CO[C@@H]1CN(C)C[C@@H]2C[C@@H](CN2c2nc3nc4c2cnn4-c2ccc(F)cc2OCCN2CCO[C@H](C3)C2)NC2CCCC(N2)C2CC(F)CC3NC(C)N(C1)C32. The highest BCUT2D eigenvalue weighted by molar-refractivity contribution is 5.88. The fourth-order valence-corrected chi connectivity index (χ4v) is 11.4. The van der Waals surface area contributed by atoms with Crippen LogP contribution >= 0.6 is 0 Å². The molecule has 14 nitrogen and oxygen atoms in total. The Balaban J connectivity index is 1.02. The number of nitrogens with one attached hydrogen (secondary N) is 3. The summed E-state index contributed by atoms with van der Waals surface area (Å²) in [6.45, 7) is 8.68. The van der Waals surface area contributed by atoms with Gasteiger partial charge in [-0.15, -0.1) is 0 Å². The maximum Gasteiger partial charge on any atom is 0.168 e. The Morgan fingerprint density at radius 1 is 0.947 bits per heavy atom. The number of likely N-dealkylation sites (N-methyl/N-ethyl adjacent to an activating group) is 1. The summed E-state index contributed by atoms with van der Waals surface area (Å²) in [4.78, 5) is 20.3. The average molecular weight is 792 g/mol. The van der Waals surface area contributed by atoms with Crippen LogP contribution in [-0.4, -0.2) is 169 Å². The number of fused-ring (bicyclic) bond motifs is 10. The number of rotatable bonds is 2. The van der Waals surface area contributed by atoms with Crippen LogP contribution in [0.15, 0.2) is 24.4 Å². The van der Waals surface area contributed by atoms with E-state index in [1.54, 1.807) is 10.7 Å². The minimum absolute atomic E-state index is 0.0110. The second-order valence-electron chi connectivity index (χ2n) is 17.8. The molecule has 1 aliphatic carbocycles. The van der Waals surface area contributed by atoms with Crippen LogP contribution in [0.5, 0.6) is 5.75 Å². The number of aromatic nitrogens is 4. The Bertz CT molecular complexity index is 1910. The number of alkyl halides is 1. The Labute approximate surface area is 333 Å². The molecule has 57 heavy (non-hydrogen) atoms. The molecule has 6 fully saturated rings. The topological polar surface area (TPSA) is 120 Å². The standard InChI is InChI=1S/C41H59F2N11O3/c1-24-45-34-14-26(43)13-31-33-5-4-6-37(47-33)46-27-16-28(20-50(2)21-30(55-3)23-52(24)39(31)34)53(19-27)40-32-18-44-54-35-8-7-25(42)15-36(35)57-12-10-51-9-11-56-29(22-51)17-38(48-40)49-41(32)54/h7-8,15,18,24,26-31,33-34,37,39,45-47H,4-6,9-14,16-17,19-23H2,1-3H3/t24?,26?,27-,28-,29+,30+,31?,33?,34?,37?,39?/m0/s1. The lowest BCUT2D eigenvalue weighted by Gasteiger charge is -2.47. The quantitative estimate of drug-likeness (QED) is 0.353. The van der Waals surface area contributed by atoms with E-state index in [0.717, 1.165) is 76.2 Å². The van der Waals surface area contributed by atoms with Crippen LogP contribution < -0.4 is 25.6 Å². The van der Waals surface area contributed by atoms with E-state index in [2.05, 4.69) is 49.5 Å². The summed E-state index contributed by atoms with van der Waals surface area (Å²) in [5.74, 6) is 1.86. The van der Waals surface area contributed by atoms with Gasteiger partial charge in [-0.2, -0.15) is 5.10 Å². The summed E-state index contributed by atoms with van der Waals surface area (Å²) in [6.07, 6.45) is 7.17. The molecule has 3 aromatic rings. The molecule has 1 aromatic carbocycles. The van der Waals surface area contributed by atoms with Gasteiger partial charge in [-0.05, 0) is 70.5 Å². The summed E-state index contributed by atoms with van der Waals surface area (Å²) in [7, 11) is 4.03. The predicted molar refractivity (Wildman–Crippen MR) is 212 cm³/mol. The number of hydrogen-bond acceptors (Lipinski definition) is 13. The monoisotopic (exact) mass is 791 g/mol. The van der Waals surface area contributed by atoms with Gasteiger partial charge in [0.15, 0.2) is 5.65 Å². The van der Waals surface area contributed by atoms with E-state index in [-0.39, 0.29) is 66.5 Å². The molecule has 5 saturated heterocycles. The van der Waals surface area contributed by atoms with Crippen LogP contribution in [0.1, 0.15) is 51.3 Å². The number of hydrogen-bond donors (Lipinski definition) is 3. The second kappa shape index (κ2) is 15.8. The van der Waals surface area contributed by atoms with Crippen molar-refractivity contribution in [2.45, 2.75) is 113 Å². The number of morpholine rings is 1. The highest BCUT2D eigenvalue weighted by Gasteiger charge is 2.51. The average Bonchev–Trinajstić information content (AvgIpc) is 3.88. The predicted octanol–water partition coefficient (Wildman–Crippen LogP) is 2.29. The van der Waals surface area contributed by atoms with Gasteiger partial charge in [0, 0.05) is 95.6 Å². The van der Waals surface area contributed by atoms with Crippen LogP contribution in [0, 0.1) is 11.7 Å². The van der Waals surface area contributed by atoms with Gasteiger partial charge in [-0.25, -0.2) is 23.4 Å². The lowest BCUT2D eigenvalue weighted by atomic mass is 9.74. The molecule has 6 aliphatic heterocycles. The van der Waals surface area contributed by atoms with Crippen molar-refractivity contribution in [3.8, 4) is 11.4 Å². The van der Waals surface area contributed by atoms with Gasteiger partial charge in [0.1, 0.15) is 41.7 Å². The van der Waals surface area contributed by atoms with Gasteiger partial charge < -0.3 is 24.0 Å². The van der Waals surface area contributed by atoms with Crippen molar-refractivity contribution in [2.24, 2.45) is 5.92 Å². The first-order valence-corrected chi connectivity index (χ1v) is 21.4. The molecule has 310 valence electrons. The normalized spacial score (nSPS) is 37.9. The second-order valence-corrected chi connectivity index (χ2v) is 17.8. The molecule has 1 saturated carbocycles. The Morgan fingerprint density at radius 2 is 1.84 bits per heavy atom. The zero-order valence-electron chi connectivity index (χ0n) is 33.5. The lowest BCUT2D eigenvalue weighted by Crippen LogP contribution is -2.61. The third kappa shape index (κ3) is 7.53. The van der Waals surface area contributed by atoms with Gasteiger partial charge in [-0.3, -0.25) is 25.8 Å². The fourth-order valence-electron chi connectivity index (χ4n) is 11.4. The minimum Gasteiger partial charge on any atom is -0.490 e. The Hall–Kier alpha value is -3.09. The summed E-state index contributed by atoms with van der Waals surface area (Å²) >= 11 is 0. The minimum atomic E-state index is -0.793. The molecule has 3 N–H and O–H groups in total. The number of methoxy groups -OCH3 is 1. The third-order valence-electron chi connectivity index (χ3n) is 14.0. The van der Waals surface area contributed by atoms with Crippen LogP contribution in [0.4, 0.5) is 14.6 Å². The van der Waals surface area contributed by atoms with Gasteiger partial charge >= 0.3 is 0 Å². The van der Waals surface area contributed by atoms with E-state index in [1.807, 2.05) is 13.3 Å². The van der Waals surface area contributed by atoms with Crippen molar-refractivity contribution in [3.05, 3.63) is 36.0 Å². The van der Waals surface area contributed by atoms with Crippen molar-refractivity contribution in [3.63, 3.8) is 0 Å². The summed E-state index contributed by atoms with van der Waals surface area (Å²) in [5.41, 5.74) is 1.31. The summed E-state index contributed by atoms with van der Waals surface area (Å²) in [6, 6.07) is 5.62. The maximum absolute atomic E-state index is 15.5. The molecule has 7 aliphatic rings. The van der Waals surface area contributed by atoms with E-state index < -0.39 is 6.17 Å². The highest BCUT2D eigenvalue weighted by Crippen LogP contribution is 2.40. The van der Waals surface area contributed by atoms with E-state index in [4.69, 9.17) is 29.3 Å². The van der Waals surface area contributed by atoms with Crippen molar-refractivity contribution in [1.82, 2.24) is 50.4 Å². The highest BCUT2D eigenvalue weighted by atomic mass is 19.1. The number of halogens is 2. The zero-order chi connectivity index (χ0) is 38.8. The zero-order valence-corrected chi connectivity index (χ0v) is 33.5. The van der Waals surface area contributed by atoms with Crippen LogP contribution in [-0.2, 0) is 15.9 Å². The smallest absolute Gasteiger partial charge is 0.168 e. The lowest BCUT2D eigenvalue weighted by molar-refractivity contribution is -0.0313. The fraction of sp³-hybridized carbons (Fsp3) is 0.732. The summed E-state index contributed by atoms with van der Waals surface area (Å²) in [5, 5.41) is 17.6. The van der Waals surface area contributed by atoms with E-state index in [0.29, 0.717) is 61.9 Å². The molecule has 8 heterocycles. The van der Waals surface area contributed by atoms with Crippen molar-refractivity contribution < 1.29 is 23.0 Å². The molecule has 12 atom stereocenters. The molecule has 8 bridgehead atoms. The number of benzene rings is 1. The van der Waals surface area contributed by atoms with E-state index in [9.17, 15) is 4.39 Å². The van der Waals surface area contributed by atoms with Crippen LogP contribution in [0.3, 0.4) is 0 Å². The van der Waals surface area contributed by atoms with Crippen molar-refractivity contribution >= 4 is 16.9 Å². The van der Waals surface area contributed by atoms with Crippen molar-refractivity contribution in [1.29, 1.82) is 0 Å². The number of ether oxygens (including phenoxy) is 3. The molecule has 2 aromatic heterocycles. The molecule has 0 radical (unpaired) electrons. The first kappa shape index (κ1) is 38.1. The van der Waals surface area contributed by atoms with Crippen molar-refractivity contribution in [2.75, 3.05) is 78.1 Å². The van der Waals surface area contributed by atoms with Gasteiger partial charge in [-0.1, -0.05) is 0 Å². The number of nitrogens with zero attached hydrogens (tertiary/aromatic N) is 8. The molecule has 10 rings (SSSR count). The number of anilines is 1. The molecular weight excluding hydrogens is 733 g/mol. The third-order valence-corrected chi connectivity index (χ3v) is 14.0. The largest absolute Gasteiger partial charge is 0.490 e. The van der Waals surface area contributed by atoms with E-state index >= 15 is 4.39 Å². The molecule has 0 amide bonds. The van der Waals surface area contributed by atoms with Crippen LogP contribution in [0.25, 0.3) is 16.7 Å². The van der Waals surface area contributed by atoms with Crippen LogP contribution in [0.2, 0.25) is 0 Å². The first-order chi connectivity index (χ1) is 27.8. The molecule has 16 heteroatoms. The first-order valence-electron chi connectivity index (χ1n) is 21.4. The van der Waals surface area contributed by atoms with Gasteiger partial charge in [0.05, 0.1) is 42.7 Å².